The molecule has 1 saturated heterocycles. The van der Waals surface area contributed by atoms with Gasteiger partial charge in [0.1, 0.15) is 29.1 Å². The Labute approximate surface area is 146 Å². The Kier molecular flexibility index (Phi) is 4.28. The number of hydrogen-bond donors (Lipinski definition) is 3. The van der Waals surface area contributed by atoms with Crippen molar-refractivity contribution in [2.45, 2.75) is 24.1 Å². The number of anilines is 1. The number of nitrogens with zero attached hydrogens (tertiary/aromatic N) is 4. The number of hydrogen-bond acceptors (Lipinski definition) is 7. The van der Waals surface area contributed by atoms with Gasteiger partial charge in [-0.2, -0.15) is 0 Å². The van der Waals surface area contributed by atoms with Crippen LogP contribution in [0, 0.1) is 5.82 Å². The lowest BCUT2D eigenvalue weighted by Gasteiger charge is -2.17. The van der Waals surface area contributed by atoms with E-state index >= 15 is 0 Å². The van der Waals surface area contributed by atoms with Crippen LogP contribution in [0.3, 0.4) is 0 Å². The molecule has 25 heavy (non-hydrogen) atoms. The van der Waals surface area contributed by atoms with Gasteiger partial charge in [0.25, 0.3) is 0 Å². The lowest BCUT2D eigenvalue weighted by Crippen LogP contribution is -2.27. The maximum absolute atomic E-state index is 13.3. The number of thioether (sulfide) groups is 1. The van der Waals surface area contributed by atoms with Crippen LogP contribution in [0.4, 0.5) is 10.2 Å². The zero-order valence-electron chi connectivity index (χ0n) is 13.1. The average Bonchev–Trinajstić information content (AvgIpc) is 3.17. The SMILES string of the molecule is OC1CS[C@@H](n2cnc3c(NCc4cccc(F)c4)ncnc32)[C@H]1O. The van der Waals surface area contributed by atoms with Crippen LogP contribution in [0.5, 0.6) is 0 Å². The molecule has 1 fully saturated rings. The predicted octanol–water partition coefficient (Wildman–Crippen LogP) is 1.54. The molecule has 4 rings (SSSR count). The smallest absolute Gasteiger partial charge is 0.166 e. The monoisotopic (exact) mass is 361 g/mol. The minimum Gasteiger partial charge on any atom is -0.389 e. The Bertz CT molecular complexity index is 905. The summed E-state index contributed by atoms with van der Waals surface area (Å²) in [5, 5.41) is 22.7. The number of aliphatic hydroxyl groups is 2. The van der Waals surface area contributed by atoms with Crippen LogP contribution in [0.25, 0.3) is 11.2 Å². The molecule has 0 spiro atoms. The molecule has 1 unspecified atom stereocenters. The van der Waals surface area contributed by atoms with Gasteiger partial charge in [0, 0.05) is 12.3 Å². The van der Waals surface area contributed by atoms with Gasteiger partial charge in [-0.1, -0.05) is 12.1 Å². The molecule has 0 amide bonds. The van der Waals surface area contributed by atoms with E-state index in [2.05, 4.69) is 20.3 Å². The first-order valence-corrected chi connectivity index (χ1v) is 8.82. The highest BCUT2D eigenvalue weighted by molar-refractivity contribution is 7.99. The third-order valence-corrected chi connectivity index (χ3v) is 5.49. The molecule has 9 heteroatoms. The summed E-state index contributed by atoms with van der Waals surface area (Å²) in [7, 11) is 0. The Balaban J connectivity index is 1.61. The third-order valence-electron chi connectivity index (χ3n) is 4.11. The maximum Gasteiger partial charge on any atom is 0.166 e. The number of fused-ring (bicyclic) bond motifs is 1. The number of benzene rings is 1. The third kappa shape index (κ3) is 3.06. The molecule has 1 aliphatic heterocycles. The molecule has 0 saturated carbocycles. The van der Waals surface area contributed by atoms with Crippen molar-refractivity contribution in [3.05, 3.63) is 48.3 Å². The van der Waals surface area contributed by atoms with Crippen LogP contribution < -0.4 is 5.32 Å². The van der Waals surface area contributed by atoms with E-state index in [1.807, 2.05) is 6.07 Å². The summed E-state index contributed by atoms with van der Waals surface area (Å²) < 4.78 is 15.0. The zero-order valence-corrected chi connectivity index (χ0v) is 13.9. The van der Waals surface area contributed by atoms with E-state index in [9.17, 15) is 14.6 Å². The quantitative estimate of drug-likeness (QED) is 0.649. The van der Waals surface area contributed by atoms with Crippen molar-refractivity contribution in [3.8, 4) is 0 Å². The molecule has 0 aliphatic carbocycles. The van der Waals surface area contributed by atoms with Crippen LogP contribution in [0.2, 0.25) is 0 Å². The predicted molar refractivity (Wildman–Crippen MR) is 92.6 cm³/mol. The van der Waals surface area contributed by atoms with Crippen molar-refractivity contribution in [2.75, 3.05) is 11.1 Å². The number of rotatable bonds is 4. The lowest BCUT2D eigenvalue weighted by molar-refractivity contribution is 0.0313. The second-order valence-corrected chi connectivity index (χ2v) is 6.96. The first-order chi connectivity index (χ1) is 12.1. The van der Waals surface area contributed by atoms with Gasteiger partial charge in [-0.15, -0.1) is 11.8 Å². The Hall–Kier alpha value is -2.23. The van der Waals surface area contributed by atoms with Gasteiger partial charge in [-0.05, 0) is 17.7 Å². The van der Waals surface area contributed by atoms with Crippen molar-refractivity contribution in [1.82, 2.24) is 19.5 Å². The summed E-state index contributed by atoms with van der Waals surface area (Å²) in [6, 6.07) is 6.32. The van der Waals surface area contributed by atoms with Crippen LogP contribution in [-0.4, -0.2) is 47.7 Å². The second-order valence-electron chi connectivity index (χ2n) is 5.81. The first kappa shape index (κ1) is 16.2. The van der Waals surface area contributed by atoms with Gasteiger partial charge in [0.15, 0.2) is 11.5 Å². The summed E-state index contributed by atoms with van der Waals surface area (Å²) in [6.07, 6.45) is 1.36. The van der Waals surface area contributed by atoms with Crippen molar-refractivity contribution < 1.29 is 14.6 Å². The molecular weight excluding hydrogens is 345 g/mol. The highest BCUT2D eigenvalue weighted by Gasteiger charge is 2.36. The Morgan fingerprint density at radius 1 is 1.28 bits per heavy atom. The number of nitrogens with one attached hydrogen (secondary N) is 1. The van der Waals surface area contributed by atoms with Crippen LogP contribution in [-0.2, 0) is 6.54 Å². The fourth-order valence-corrected chi connectivity index (χ4v) is 4.11. The first-order valence-electron chi connectivity index (χ1n) is 7.77. The van der Waals surface area contributed by atoms with Crippen LogP contribution in [0.15, 0.2) is 36.9 Å². The molecule has 2 aromatic heterocycles. The highest BCUT2D eigenvalue weighted by atomic mass is 32.2. The van der Waals surface area contributed by atoms with Gasteiger partial charge >= 0.3 is 0 Å². The molecule has 7 nitrogen and oxygen atoms in total. The summed E-state index contributed by atoms with van der Waals surface area (Å²) in [5.41, 5.74) is 1.92. The van der Waals surface area contributed by atoms with Crippen LogP contribution >= 0.6 is 11.8 Å². The standard InChI is InChI=1S/C16H16FN5O2S/c17-10-3-1-2-9(4-10)5-18-14-12-15(20-7-19-14)22(8-21-12)16-13(24)11(23)6-25-16/h1-4,7-8,11,13,16,23-24H,5-6H2,(H,18,19,20)/t11?,13-,16+/m0/s1. The summed E-state index contributed by atoms with van der Waals surface area (Å²) in [6.45, 7) is 0.399. The fourth-order valence-electron chi connectivity index (χ4n) is 2.83. The number of halogens is 1. The van der Waals surface area contributed by atoms with Gasteiger partial charge < -0.3 is 15.5 Å². The van der Waals surface area contributed by atoms with Crippen molar-refractivity contribution >= 4 is 28.7 Å². The molecule has 3 N–H and O–H groups in total. The molecule has 3 aromatic rings. The van der Waals surface area contributed by atoms with E-state index in [-0.39, 0.29) is 11.2 Å². The Morgan fingerprint density at radius 3 is 2.92 bits per heavy atom. The largest absolute Gasteiger partial charge is 0.389 e. The van der Waals surface area contributed by atoms with Gasteiger partial charge in [0.2, 0.25) is 0 Å². The van der Waals surface area contributed by atoms with E-state index in [0.29, 0.717) is 29.3 Å². The summed E-state index contributed by atoms with van der Waals surface area (Å²) in [4.78, 5) is 12.8. The van der Waals surface area contributed by atoms with Crippen molar-refractivity contribution in [3.63, 3.8) is 0 Å². The van der Waals surface area contributed by atoms with E-state index in [1.165, 1.54) is 30.2 Å². The van der Waals surface area contributed by atoms with E-state index in [4.69, 9.17) is 0 Å². The normalized spacial score (nSPS) is 23.2. The zero-order chi connectivity index (χ0) is 17.4. The topological polar surface area (TPSA) is 96.1 Å². The van der Waals surface area contributed by atoms with Gasteiger partial charge in [-0.3, -0.25) is 4.57 Å². The lowest BCUT2D eigenvalue weighted by atomic mass is 10.2. The molecule has 0 radical (unpaired) electrons. The molecule has 3 heterocycles. The second kappa shape index (κ2) is 6.58. The number of imidazole rings is 1. The minimum atomic E-state index is -0.874. The maximum atomic E-state index is 13.3. The number of aliphatic hydroxyl groups excluding tert-OH is 2. The highest BCUT2D eigenvalue weighted by Crippen LogP contribution is 2.38. The van der Waals surface area contributed by atoms with Crippen LogP contribution in [0.1, 0.15) is 10.9 Å². The van der Waals surface area contributed by atoms with Crippen molar-refractivity contribution in [1.29, 1.82) is 0 Å². The van der Waals surface area contributed by atoms with Gasteiger partial charge in [0.05, 0.1) is 12.4 Å². The Morgan fingerprint density at radius 2 is 2.16 bits per heavy atom. The van der Waals surface area contributed by atoms with Crippen molar-refractivity contribution in [2.24, 2.45) is 0 Å². The molecule has 1 aromatic carbocycles. The van der Waals surface area contributed by atoms with E-state index in [1.54, 1.807) is 17.0 Å². The number of aromatic nitrogens is 4. The summed E-state index contributed by atoms with van der Waals surface area (Å²) >= 11 is 1.45. The fraction of sp³-hybridized carbons (Fsp3) is 0.312. The van der Waals surface area contributed by atoms with Gasteiger partial charge in [-0.25, -0.2) is 19.3 Å². The molecule has 0 bridgehead atoms. The van der Waals surface area contributed by atoms with E-state index in [0.717, 1.165) is 5.56 Å². The molecule has 3 atom stereocenters. The molecular formula is C16H16FN5O2S. The minimum absolute atomic E-state index is 0.290. The molecule has 1 aliphatic rings. The summed E-state index contributed by atoms with van der Waals surface area (Å²) in [5.74, 6) is 0.703. The molecule has 130 valence electrons. The average molecular weight is 361 g/mol. The van der Waals surface area contributed by atoms with E-state index < -0.39 is 12.2 Å².